The number of hydrogen-bond donors (Lipinski definition) is 1. The number of para-hydroxylation sites is 1. The van der Waals surface area contributed by atoms with Crippen molar-refractivity contribution in [3.05, 3.63) is 77.7 Å². The first-order valence-corrected chi connectivity index (χ1v) is 9.42. The number of carbonyl (C=O) groups excluding carboxylic acids is 1. The normalized spacial score (nSPS) is 11.2. The highest BCUT2D eigenvalue weighted by atomic mass is 19.1. The van der Waals surface area contributed by atoms with Crippen LogP contribution in [0.2, 0.25) is 0 Å². The number of hydrogen-bond acceptors (Lipinski definition) is 4. The third kappa shape index (κ3) is 5.19. The lowest BCUT2D eigenvalue weighted by atomic mass is 10.1. The lowest BCUT2D eigenvalue weighted by molar-refractivity contribution is -0.117. The van der Waals surface area contributed by atoms with Crippen molar-refractivity contribution < 1.29 is 13.9 Å². The summed E-state index contributed by atoms with van der Waals surface area (Å²) in [6, 6.07) is 17.3. The van der Waals surface area contributed by atoms with E-state index in [-0.39, 0.29) is 11.4 Å². The molecule has 2 aromatic carbocycles. The van der Waals surface area contributed by atoms with Crippen molar-refractivity contribution in [3.8, 4) is 23.0 Å². The predicted octanol–water partition coefficient (Wildman–Crippen LogP) is 3.74. The zero-order valence-corrected chi connectivity index (χ0v) is 16.5. The molecule has 3 aromatic rings. The highest BCUT2D eigenvalue weighted by Crippen LogP contribution is 2.26. The van der Waals surface area contributed by atoms with E-state index in [1.165, 1.54) is 18.2 Å². The van der Waals surface area contributed by atoms with E-state index in [1.807, 2.05) is 36.4 Å². The SMILES string of the molecule is COCCCNC(=O)/C(C#N)=C/c1cn(-c2ccccc2)nc1-c1ccc(F)cc1. The van der Waals surface area contributed by atoms with Crippen LogP contribution in [0.5, 0.6) is 0 Å². The van der Waals surface area contributed by atoms with Crippen LogP contribution < -0.4 is 5.32 Å². The van der Waals surface area contributed by atoms with E-state index in [1.54, 1.807) is 30.1 Å². The number of carbonyl (C=O) groups is 1. The molecule has 0 fully saturated rings. The molecule has 152 valence electrons. The Hall–Kier alpha value is -3.76. The van der Waals surface area contributed by atoms with Crippen LogP contribution in [0.15, 0.2) is 66.4 Å². The van der Waals surface area contributed by atoms with Crippen molar-refractivity contribution >= 4 is 12.0 Å². The quantitative estimate of drug-likeness (QED) is 0.352. The number of nitrogens with one attached hydrogen (secondary N) is 1. The fourth-order valence-electron chi connectivity index (χ4n) is 2.86. The lowest BCUT2D eigenvalue weighted by Gasteiger charge is -2.04. The molecule has 0 atom stereocenters. The van der Waals surface area contributed by atoms with E-state index in [2.05, 4.69) is 10.4 Å². The molecule has 0 aliphatic heterocycles. The minimum atomic E-state index is -0.467. The maximum atomic E-state index is 13.4. The second-order valence-corrected chi connectivity index (χ2v) is 6.49. The third-order valence-corrected chi connectivity index (χ3v) is 4.36. The van der Waals surface area contributed by atoms with Gasteiger partial charge in [-0.2, -0.15) is 10.4 Å². The topological polar surface area (TPSA) is 79.9 Å². The third-order valence-electron chi connectivity index (χ3n) is 4.36. The minimum absolute atomic E-state index is 0.0385. The van der Waals surface area contributed by atoms with E-state index < -0.39 is 5.91 Å². The lowest BCUT2D eigenvalue weighted by Crippen LogP contribution is -2.26. The first-order valence-electron chi connectivity index (χ1n) is 9.42. The minimum Gasteiger partial charge on any atom is -0.385 e. The van der Waals surface area contributed by atoms with Gasteiger partial charge in [0.05, 0.1) is 11.4 Å². The summed E-state index contributed by atoms with van der Waals surface area (Å²) in [5, 5.41) is 16.8. The smallest absolute Gasteiger partial charge is 0.261 e. The maximum Gasteiger partial charge on any atom is 0.261 e. The van der Waals surface area contributed by atoms with Gasteiger partial charge in [0.25, 0.3) is 5.91 Å². The van der Waals surface area contributed by atoms with E-state index in [0.29, 0.717) is 36.4 Å². The largest absolute Gasteiger partial charge is 0.385 e. The Morgan fingerprint density at radius 2 is 1.97 bits per heavy atom. The first kappa shape index (κ1) is 21.0. The highest BCUT2D eigenvalue weighted by Gasteiger charge is 2.15. The van der Waals surface area contributed by atoms with Crippen LogP contribution in [0.3, 0.4) is 0 Å². The molecule has 0 unspecified atom stereocenters. The molecule has 1 heterocycles. The van der Waals surface area contributed by atoms with Gasteiger partial charge in [0.2, 0.25) is 0 Å². The van der Waals surface area contributed by atoms with Crippen LogP contribution >= 0.6 is 0 Å². The molecule has 30 heavy (non-hydrogen) atoms. The monoisotopic (exact) mass is 404 g/mol. The van der Waals surface area contributed by atoms with E-state index in [0.717, 1.165) is 5.69 Å². The number of nitriles is 1. The molecule has 0 aliphatic carbocycles. The second kappa shape index (κ2) is 10.1. The van der Waals surface area contributed by atoms with Gasteiger partial charge < -0.3 is 10.1 Å². The fraction of sp³-hybridized carbons (Fsp3) is 0.174. The van der Waals surface area contributed by atoms with Crippen LogP contribution in [0.1, 0.15) is 12.0 Å². The number of ether oxygens (including phenoxy) is 1. The van der Waals surface area contributed by atoms with Crippen LogP contribution in [-0.2, 0) is 9.53 Å². The Labute approximate surface area is 174 Å². The van der Waals surface area contributed by atoms with E-state index >= 15 is 0 Å². The van der Waals surface area contributed by atoms with Crippen molar-refractivity contribution in [2.24, 2.45) is 0 Å². The molecular weight excluding hydrogens is 383 g/mol. The van der Waals surface area contributed by atoms with Gasteiger partial charge in [-0.1, -0.05) is 18.2 Å². The number of amides is 1. The summed E-state index contributed by atoms with van der Waals surface area (Å²) in [4.78, 5) is 12.4. The Morgan fingerprint density at radius 1 is 1.23 bits per heavy atom. The van der Waals surface area contributed by atoms with Crippen molar-refractivity contribution in [3.63, 3.8) is 0 Å². The van der Waals surface area contributed by atoms with Gasteiger partial charge in [0.15, 0.2) is 0 Å². The van der Waals surface area contributed by atoms with E-state index in [9.17, 15) is 14.4 Å². The first-order chi connectivity index (χ1) is 14.6. The summed E-state index contributed by atoms with van der Waals surface area (Å²) in [6.07, 6.45) is 3.88. The molecule has 0 bridgehead atoms. The summed E-state index contributed by atoms with van der Waals surface area (Å²) in [7, 11) is 1.59. The van der Waals surface area contributed by atoms with Gasteiger partial charge in [-0.25, -0.2) is 9.07 Å². The Balaban J connectivity index is 1.98. The summed E-state index contributed by atoms with van der Waals surface area (Å²) < 4.78 is 20.0. The zero-order valence-electron chi connectivity index (χ0n) is 16.5. The standard InChI is InChI=1S/C23H21FN4O2/c1-30-13-5-12-26-23(29)18(15-25)14-19-16-28(21-6-3-2-4-7-21)27-22(19)17-8-10-20(24)11-9-17/h2-4,6-11,14,16H,5,12-13H2,1H3,(H,26,29)/b18-14+. The van der Waals surface area contributed by atoms with Crippen LogP contribution in [0, 0.1) is 17.1 Å². The van der Waals surface area contributed by atoms with Gasteiger partial charge >= 0.3 is 0 Å². The average Bonchev–Trinajstić information content (AvgIpc) is 3.20. The molecule has 0 aliphatic rings. The van der Waals surface area contributed by atoms with E-state index in [4.69, 9.17) is 4.74 Å². The number of halogens is 1. The van der Waals surface area contributed by atoms with Gasteiger partial charge in [0, 0.05) is 37.6 Å². The number of rotatable bonds is 8. The number of nitrogens with zero attached hydrogens (tertiary/aromatic N) is 3. The molecule has 0 saturated heterocycles. The highest BCUT2D eigenvalue weighted by molar-refractivity contribution is 6.02. The molecule has 1 amide bonds. The number of benzene rings is 2. The molecule has 0 spiro atoms. The predicted molar refractivity (Wildman–Crippen MR) is 112 cm³/mol. The van der Waals surface area contributed by atoms with Gasteiger partial charge in [-0.3, -0.25) is 4.79 Å². The van der Waals surface area contributed by atoms with Crippen LogP contribution in [-0.4, -0.2) is 35.9 Å². The van der Waals surface area contributed by atoms with Gasteiger partial charge in [0.1, 0.15) is 17.5 Å². The molecule has 0 saturated carbocycles. The zero-order chi connectivity index (χ0) is 21.3. The molecule has 1 aromatic heterocycles. The molecule has 0 radical (unpaired) electrons. The Morgan fingerprint density at radius 3 is 2.63 bits per heavy atom. The summed E-state index contributed by atoms with van der Waals surface area (Å²) >= 11 is 0. The van der Waals surface area contributed by atoms with Crippen molar-refractivity contribution in [2.45, 2.75) is 6.42 Å². The second-order valence-electron chi connectivity index (χ2n) is 6.49. The van der Waals surface area contributed by atoms with Crippen molar-refractivity contribution in [2.75, 3.05) is 20.3 Å². The summed E-state index contributed by atoms with van der Waals surface area (Å²) in [6.45, 7) is 0.921. The van der Waals surface area contributed by atoms with Crippen molar-refractivity contribution in [1.82, 2.24) is 15.1 Å². The van der Waals surface area contributed by atoms with Gasteiger partial charge in [-0.15, -0.1) is 0 Å². The van der Waals surface area contributed by atoms with Crippen LogP contribution in [0.4, 0.5) is 4.39 Å². The molecular formula is C23H21FN4O2. The van der Waals surface area contributed by atoms with Gasteiger partial charge in [-0.05, 0) is 48.9 Å². The fourth-order valence-corrected chi connectivity index (χ4v) is 2.86. The summed E-state index contributed by atoms with van der Waals surface area (Å²) in [5.74, 6) is -0.822. The Bertz CT molecular complexity index is 1070. The van der Waals surface area contributed by atoms with Crippen molar-refractivity contribution in [1.29, 1.82) is 5.26 Å². The van der Waals surface area contributed by atoms with Crippen LogP contribution in [0.25, 0.3) is 23.0 Å². The molecule has 1 N–H and O–H groups in total. The Kier molecular flexibility index (Phi) is 7.09. The molecule has 7 heteroatoms. The average molecular weight is 404 g/mol. The number of methoxy groups -OCH3 is 1. The summed E-state index contributed by atoms with van der Waals surface area (Å²) in [5.41, 5.74) is 2.58. The molecule has 3 rings (SSSR count). The maximum absolute atomic E-state index is 13.4. The number of aromatic nitrogens is 2. The molecule has 6 nitrogen and oxygen atoms in total.